The molecule has 1 nitrogen and oxygen atoms in total. The van der Waals surface area contributed by atoms with E-state index in [4.69, 9.17) is 16.3 Å². The number of alkyl halides is 1. The molecule has 1 fully saturated rings. The highest BCUT2D eigenvalue weighted by Crippen LogP contribution is 2.36. The van der Waals surface area contributed by atoms with Gasteiger partial charge in [-0.25, -0.2) is 0 Å². The van der Waals surface area contributed by atoms with Crippen LogP contribution in [-0.4, -0.2) is 12.5 Å². The molecular formula is C12H14BrClO. The van der Waals surface area contributed by atoms with Crippen molar-refractivity contribution in [3.05, 3.63) is 33.8 Å². The molecule has 0 amide bonds. The third-order valence-electron chi connectivity index (χ3n) is 2.92. The van der Waals surface area contributed by atoms with E-state index >= 15 is 0 Å². The lowest BCUT2D eigenvalue weighted by Crippen LogP contribution is -2.09. The summed E-state index contributed by atoms with van der Waals surface area (Å²) >= 11 is 9.44. The van der Waals surface area contributed by atoms with Crippen LogP contribution in [0.3, 0.4) is 0 Å². The van der Waals surface area contributed by atoms with Crippen molar-refractivity contribution in [2.45, 2.75) is 19.4 Å². The summed E-state index contributed by atoms with van der Waals surface area (Å²) in [5.41, 5.74) is 2.50. The van der Waals surface area contributed by atoms with Gasteiger partial charge >= 0.3 is 0 Å². The first-order valence-corrected chi connectivity index (χ1v) is 6.48. The standard InChI is InChI=1S/C12H14BrClO/c1-8-6-9(2-3-11(8)13)12-10(7-14)4-5-15-12/h2-3,6,10,12H,4-5,7H2,1H3. The first kappa shape index (κ1) is 11.4. The monoisotopic (exact) mass is 288 g/mol. The minimum Gasteiger partial charge on any atom is -0.373 e. The molecule has 2 atom stereocenters. The number of benzene rings is 1. The normalized spacial score (nSPS) is 25.8. The fraction of sp³-hybridized carbons (Fsp3) is 0.500. The Labute approximate surface area is 104 Å². The van der Waals surface area contributed by atoms with Crippen LogP contribution >= 0.6 is 27.5 Å². The number of aryl methyl sites for hydroxylation is 1. The van der Waals surface area contributed by atoms with Crippen LogP contribution in [-0.2, 0) is 4.74 Å². The topological polar surface area (TPSA) is 9.23 Å². The first-order chi connectivity index (χ1) is 7.22. The third-order valence-corrected chi connectivity index (χ3v) is 4.21. The minimum atomic E-state index is 0.189. The highest BCUT2D eigenvalue weighted by Gasteiger charge is 2.28. The Balaban J connectivity index is 2.25. The Morgan fingerprint density at radius 3 is 3.00 bits per heavy atom. The molecule has 1 aromatic carbocycles. The molecule has 1 aromatic rings. The van der Waals surface area contributed by atoms with Gasteiger partial charge < -0.3 is 4.74 Å². The van der Waals surface area contributed by atoms with Crippen molar-refractivity contribution in [2.24, 2.45) is 5.92 Å². The van der Waals surface area contributed by atoms with Crippen LogP contribution in [0.25, 0.3) is 0 Å². The molecule has 0 saturated carbocycles. The second kappa shape index (κ2) is 4.86. The highest BCUT2D eigenvalue weighted by molar-refractivity contribution is 9.10. The SMILES string of the molecule is Cc1cc(C2OCCC2CCl)ccc1Br. The summed E-state index contributed by atoms with van der Waals surface area (Å²) < 4.78 is 6.88. The zero-order valence-corrected chi connectivity index (χ0v) is 11.0. The third kappa shape index (κ3) is 2.38. The molecule has 3 heteroatoms. The lowest BCUT2D eigenvalue weighted by atomic mass is 9.96. The number of rotatable bonds is 2. The van der Waals surface area contributed by atoms with E-state index in [0.717, 1.165) is 17.5 Å². The van der Waals surface area contributed by atoms with E-state index < -0.39 is 0 Å². The van der Waals surface area contributed by atoms with E-state index in [1.807, 2.05) is 0 Å². The number of halogens is 2. The van der Waals surface area contributed by atoms with Crippen LogP contribution < -0.4 is 0 Å². The molecule has 1 aliphatic rings. The maximum absolute atomic E-state index is 5.93. The maximum atomic E-state index is 5.93. The largest absolute Gasteiger partial charge is 0.373 e. The molecule has 0 spiro atoms. The fourth-order valence-corrected chi connectivity index (χ4v) is 2.57. The van der Waals surface area contributed by atoms with Gasteiger partial charge in [0.1, 0.15) is 0 Å². The van der Waals surface area contributed by atoms with Gasteiger partial charge in [-0.05, 0) is 30.5 Å². The summed E-state index contributed by atoms with van der Waals surface area (Å²) in [6, 6.07) is 6.38. The molecule has 0 aromatic heterocycles. The summed E-state index contributed by atoms with van der Waals surface area (Å²) in [6.45, 7) is 2.93. The second-order valence-corrected chi connectivity index (χ2v) is 5.17. The molecule has 1 aliphatic heterocycles. The summed E-state index contributed by atoms with van der Waals surface area (Å²) in [4.78, 5) is 0. The molecule has 1 saturated heterocycles. The minimum absolute atomic E-state index is 0.189. The van der Waals surface area contributed by atoms with Crippen molar-refractivity contribution >= 4 is 27.5 Å². The molecule has 0 N–H and O–H groups in total. The lowest BCUT2D eigenvalue weighted by molar-refractivity contribution is 0.0951. The van der Waals surface area contributed by atoms with E-state index in [0.29, 0.717) is 11.8 Å². The van der Waals surface area contributed by atoms with Crippen molar-refractivity contribution in [1.29, 1.82) is 0 Å². The zero-order chi connectivity index (χ0) is 10.8. The van der Waals surface area contributed by atoms with Crippen LogP contribution in [0.15, 0.2) is 22.7 Å². The molecule has 0 bridgehead atoms. The Bertz CT molecular complexity index is 353. The van der Waals surface area contributed by atoms with Crippen LogP contribution in [0.5, 0.6) is 0 Å². The van der Waals surface area contributed by atoms with E-state index in [1.54, 1.807) is 0 Å². The molecule has 1 heterocycles. The number of ether oxygens (including phenoxy) is 1. The Morgan fingerprint density at radius 2 is 2.33 bits per heavy atom. The van der Waals surface area contributed by atoms with Gasteiger partial charge in [0.05, 0.1) is 6.10 Å². The summed E-state index contributed by atoms with van der Waals surface area (Å²) in [7, 11) is 0. The average molecular weight is 290 g/mol. The first-order valence-electron chi connectivity index (χ1n) is 5.16. The van der Waals surface area contributed by atoms with Gasteiger partial charge in [0, 0.05) is 22.9 Å². The van der Waals surface area contributed by atoms with Crippen molar-refractivity contribution in [2.75, 3.05) is 12.5 Å². The van der Waals surface area contributed by atoms with Crippen LogP contribution in [0.2, 0.25) is 0 Å². The van der Waals surface area contributed by atoms with Crippen LogP contribution in [0, 0.1) is 12.8 Å². The molecule has 15 heavy (non-hydrogen) atoms. The van der Waals surface area contributed by atoms with Crippen molar-refractivity contribution in [3.8, 4) is 0 Å². The summed E-state index contributed by atoms with van der Waals surface area (Å²) in [5.74, 6) is 1.15. The van der Waals surface area contributed by atoms with Crippen molar-refractivity contribution < 1.29 is 4.74 Å². The van der Waals surface area contributed by atoms with Crippen molar-refractivity contribution in [3.63, 3.8) is 0 Å². The predicted octanol–water partition coefficient (Wildman–Crippen LogP) is 4.07. The zero-order valence-electron chi connectivity index (χ0n) is 8.67. The van der Waals surface area contributed by atoms with Gasteiger partial charge in [-0.15, -0.1) is 11.6 Å². The number of hydrogen-bond donors (Lipinski definition) is 0. The molecular weight excluding hydrogens is 275 g/mol. The quantitative estimate of drug-likeness (QED) is 0.746. The van der Waals surface area contributed by atoms with Gasteiger partial charge in [0.25, 0.3) is 0 Å². The summed E-state index contributed by atoms with van der Waals surface area (Å²) in [5, 5.41) is 0. The molecule has 2 rings (SSSR count). The van der Waals surface area contributed by atoms with Gasteiger partial charge in [-0.2, -0.15) is 0 Å². The lowest BCUT2D eigenvalue weighted by Gasteiger charge is -2.17. The second-order valence-electron chi connectivity index (χ2n) is 4.00. The van der Waals surface area contributed by atoms with Crippen LogP contribution in [0.4, 0.5) is 0 Å². The van der Waals surface area contributed by atoms with Gasteiger partial charge in [-0.3, -0.25) is 0 Å². The van der Waals surface area contributed by atoms with E-state index in [-0.39, 0.29) is 6.10 Å². The Morgan fingerprint density at radius 1 is 1.53 bits per heavy atom. The van der Waals surface area contributed by atoms with Gasteiger partial charge in [0.15, 0.2) is 0 Å². The van der Waals surface area contributed by atoms with Gasteiger partial charge in [-0.1, -0.05) is 28.1 Å². The van der Waals surface area contributed by atoms with Crippen LogP contribution in [0.1, 0.15) is 23.7 Å². The Kier molecular flexibility index (Phi) is 3.70. The van der Waals surface area contributed by atoms with Crippen molar-refractivity contribution in [1.82, 2.24) is 0 Å². The maximum Gasteiger partial charge on any atom is 0.0865 e. The molecule has 82 valence electrons. The van der Waals surface area contributed by atoms with E-state index in [9.17, 15) is 0 Å². The van der Waals surface area contributed by atoms with E-state index in [1.165, 1.54) is 11.1 Å². The predicted molar refractivity (Wildman–Crippen MR) is 66.4 cm³/mol. The average Bonchev–Trinajstić information content (AvgIpc) is 2.70. The van der Waals surface area contributed by atoms with E-state index in [2.05, 4.69) is 41.1 Å². The fourth-order valence-electron chi connectivity index (χ4n) is 2.01. The Hall–Kier alpha value is -0.0500. The molecule has 0 radical (unpaired) electrons. The summed E-state index contributed by atoms with van der Waals surface area (Å²) in [6.07, 6.45) is 1.26. The molecule has 2 unspecified atom stereocenters. The van der Waals surface area contributed by atoms with Gasteiger partial charge in [0.2, 0.25) is 0 Å². The smallest absolute Gasteiger partial charge is 0.0865 e. The highest BCUT2D eigenvalue weighted by atomic mass is 79.9. The number of hydrogen-bond acceptors (Lipinski definition) is 1. The molecule has 0 aliphatic carbocycles.